The number of nitrogens with one attached hydrogen (secondary N) is 1. The molecule has 1 aromatic heterocycles. The van der Waals surface area contributed by atoms with Crippen LogP contribution in [0.2, 0.25) is 0 Å². The van der Waals surface area contributed by atoms with Crippen LogP contribution in [0, 0.1) is 6.92 Å². The summed E-state index contributed by atoms with van der Waals surface area (Å²) in [4.78, 5) is 0. The Morgan fingerprint density at radius 2 is 2.21 bits per heavy atom. The SMILES string of the molecule is Cc1c(-c2ccccc2Br)cnn1CC1CCCN1. The number of hydrogen-bond acceptors (Lipinski definition) is 2. The molecule has 19 heavy (non-hydrogen) atoms. The van der Waals surface area contributed by atoms with Crippen molar-refractivity contribution in [2.24, 2.45) is 0 Å². The molecule has 0 spiro atoms. The Labute approximate surface area is 122 Å². The molecule has 1 atom stereocenters. The molecule has 3 rings (SSSR count). The maximum Gasteiger partial charge on any atom is 0.0571 e. The second kappa shape index (κ2) is 5.47. The van der Waals surface area contributed by atoms with Crippen LogP contribution < -0.4 is 5.32 Å². The van der Waals surface area contributed by atoms with Gasteiger partial charge in [-0.05, 0) is 37.9 Å². The molecular formula is C15H18BrN3. The summed E-state index contributed by atoms with van der Waals surface area (Å²) in [6.45, 7) is 4.26. The van der Waals surface area contributed by atoms with Gasteiger partial charge in [0.15, 0.2) is 0 Å². The van der Waals surface area contributed by atoms with Crippen LogP contribution in [0.25, 0.3) is 11.1 Å². The van der Waals surface area contributed by atoms with Crippen LogP contribution in [0.3, 0.4) is 0 Å². The van der Waals surface area contributed by atoms with Gasteiger partial charge in [0.2, 0.25) is 0 Å². The van der Waals surface area contributed by atoms with E-state index in [2.05, 4.69) is 56.2 Å². The van der Waals surface area contributed by atoms with Gasteiger partial charge in [0.25, 0.3) is 0 Å². The monoisotopic (exact) mass is 319 g/mol. The smallest absolute Gasteiger partial charge is 0.0571 e. The predicted molar refractivity (Wildman–Crippen MR) is 81.1 cm³/mol. The standard InChI is InChI=1S/C15H18BrN3/c1-11-14(13-6-2-3-7-15(13)16)9-18-19(11)10-12-5-4-8-17-12/h2-3,6-7,9,12,17H,4-5,8,10H2,1H3. The summed E-state index contributed by atoms with van der Waals surface area (Å²) >= 11 is 3.62. The van der Waals surface area contributed by atoms with Crippen LogP contribution in [0.5, 0.6) is 0 Å². The topological polar surface area (TPSA) is 29.9 Å². The average molecular weight is 320 g/mol. The molecule has 4 heteroatoms. The highest BCUT2D eigenvalue weighted by Gasteiger charge is 2.17. The van der Waals surface area contributed by atoms with Crippen molar-refractivity contribution in [3.8, 4) is 11.1 Å². The quantitative estimate of drug-likeness (QED) is 0.940. The normalized spacial score (nSPS) is 18.9. The minimum atomic E-state index is 0.575. The first-order valence-corrected chi connectivity index (χ1v) is 7.55. The van der Waals surface area contributed by atoms with Crippen LogP contribution in [0.1, 0.15) is 18.5 Å². The van der Waals surface area contributed by atoms with Crippen LogP contribution in [0.15, 0.2) is 34.9 Å². The van der Waals surface area contributed by atoms with Crippen molar-refractivity contribution in [2.45, 2.75) is 32.4 Å². The fraction of sp³-hybridized carbons (Fsp3) is 0.400. The van der Waals surface area contributed by atoms with Crippen molar-refractivity contribution in [1.82, 2.24) is 15.1 Å². The molecule has 0 aliphatic carbocycles. The second-order valence-corrected chi connectivity index (χ2v) is 5.95. The summed E-state index contributed by atoms with van der Waals surface area (Å²) in [6.07, 6.45) is 4.51. The van der Waals surface area contributed by atoms with Gasteiger partial charge in [-0.1, -0.05) is 34.1 Å². The maximum atomic E-state index is 4.55. The third-order valence-electron chi connectivity index (χ3n) is 3.82. The molecule has 1 aromatic carbocycles. The number of benzene rings is 1. The van der Waals surface area contributed by atoms with E-state index >= 15 is 0 Å². The highest BCUT2D eigenvalue weighted by atomic mass is 79.9. The van der Waals surface area contributed by atoms with Crippen molar-refractivity contribution in [3.05, 3.63) is 40.6 Å². The Morgan fingerprint density at radius 1 is 1.37 bits per heavy atom. The Hall–Kier alpha value is -1.13. The first kappa shape index (κ1) is 12.9. The fourth-order valence-electron chi connectivity index (χ4n) is 2.70. The molecule has 0 saturated carbocycles. The lowest BCUT2D eigenvalue weighted by molar-refractivity contribution is 0.469. The first-order valence-electron chi connectivity index (χ1n) is 6.76. The van der Waals surface area contributed by atoms with Gasteiger partial charge < -0.3 is 5.32 Å². The third-order valence-corrected chi connectivity index (χ3v) is 4.51. The summed E-state index contributed by atoms with van der Waals surface area (Å²) in [7, 11) is 0. The molecule has 1 aliphatic heterocycles. The van der Waals surface area contributed by atoms with Gasteiger partial charge >= 0.3 is 0 Å². The number of aromatic nitrogens is 2. The molecule has 1 unspecified atom stereocenters. The van der Waals surface area contributed by atoms with E-state index in [-0.39, 0.29) is 0 Å². The van der Waals surface area contributed by atoms with Crippen molar-refractivity contribution in [1.29, 1.82) is 0 Å². The second-order valence-electron chi connectivity index (χ2n) is 5.10. The molecule has 1 aliphatic rings. The lowest BCUT2D eigenvalue weighted by atomic mass is 10.1. The molecular weight excluding hydrogens is 302 g/mol. The van der Waals surface area contributed by atoms with E-state index in [9.17, 15) is 0 Å². The molecule has 2 heterocycles. The largest absolute Gasteiger partial charge is 0.312 e. The minimum Gasteiger partial charge on any atom is -0.312 e. The molecule has 3 nitrogen and oxygen atoms in total. The van der Waals surface area contributed by atoms with Crippen LogP contribution in [-0.2, 0) is 6.54 Å². The Kier molecular flexibility index (Phi) is 3.71. The summed E-state index contributed by atoms with van der Waals surface area (Å²) < 4.78 is 3.24. The number of halogens is 1. The average Bonchev–Trinajstić information content (AvgIpc) is 3.03. The van der Waals surface area contributed by atoms with Crippen LogP contribution in [-0.4, -0.2) is 22.4 Å². The summed E-state index contributed by atoms with van der Waals surface area (Å²) in [5.74, 6) is 0. The summed E-state index contributed by atoms with van der Waals surface area (Å²) in [5.41, 5.74) is 3.66. The van der Waals surface area contributed by atoms with Gasteiger partial charge in [-0.15, -0.1) is 0 Å². The van der Waals surface area contributed by atoms with Crippen molar-refractivity contribution >= 4 is 15.9 Å². The molecule has 0 radical (unpaired) electrons. The highest BCUT2D eigenvalue weighted by Crippen LogP contribution is 2.30. The van der Waals surface area contributed by atoms with Gasteiger partial charge in [-0.25, -0.2) is 0 Å². The number of nitrogens with zero attached hydrogens (tertiary/aromatic N) is 2. The van der Waals surface area contributed by atoms with E-state index in [0.717, 1.165) is 17.6 Å². The Balaban J connectivity index is 1.88. The lowest BCUT2D eigenvalue weighted by Gasteiger charge is -2.12. The van der Waals surface area contributed by atoms with Gasteiger partial charge in [0.05, 0.1) is 12.7 Å². The Morgan fingerprint density at radius 3 is 2.95 bits per heavy atom. The maximum absolute atomic E-state index is 4.55. The zero-order valence-corrected chi connectivity index (χ0v) is 12.7. The highest BCUT2D eigenvalue weighted by molar-refractivity contribution is 9.10. The first-order chi connectivity index (χ1) is 9.25. The third kappa shape index (κ3) is 2.60. The van der Waals surface area contributed by atoms with Gasteiger partial charge in [-0.2, -0.15) is 5.10 Å². The van der Waals surface area contributed by atoms with E-state index in [0.29, 0.717) is 6.04 Å². The number of hydrogen-bond donors (Lipinski definition) is 1. The summed E-state index contributed by atoms with van der Waals surface area (Å²) in [6, 6.07) is 8.88. The molecule has 0 bridgehead atoms. The van der Waals surface area contributed by atoms with E-state index < -0.39 is 0 Å². The Bertz CT molecular complexity index is 571. The van der Waals surface area contributed by atoms with Gasteiger partial charge in [0, 0.05) is 21.8 Å². The minimum absolute atomic E-state index is 0.575. The van der Waals surface area contributed by atoms with Gasteiger partial charge in [0.1, 0.15) is 0 Å². The van der Waals surface area contributed by atoms with E-state index in [1.54, 1.807) is 0 Å². The van der Waals surface area contributed by atoms with Crippen molar-refractivity contribution in [3.63, 3.8) is 0 Å². The lowest BCUT2D eigenvalue weighted by Crippen LogP contribution is -2.27. The molecule has 1 N–H and O–H groups in total. The zero-order valence-electron chi connectivity index (χ0n) is 11.1. The fourth-order valence-corrected chi connectivity index (χ4v) is 3.19. The molecule has 2 aromatic rings. The van der Waals surface area contributed by atoms with E-state index in [4.69, 9.17) is 0 Å². The number of rotatable bonds is 3. The zero-order chi connectivity index (χ0) is 13.2. The van der Waals surface area contributed by atoms with E-state index in [1.165, 1.54) is 29.7 Å². The predicted octanol–water partition coefficient (Wildman–Crippen LogP) is 3.37. The van der Waals surface area contributed by atoms with Crippen LogP contribution >= 0.6 is 15.9 Å². The summed E-state index contributed by atoms with van der Waals surface area (Å²) in [5, 5.41) is 8.08. The van der Waals surface area contributed by atoms with Crippen LogP contribution in [0.4, 0.5) is 0 Å². The molecule has 1 saturated heterocycles. The van der Waals surface area contributed by atoms with Crippen molar-refractivity contribution in [2.75, 3.05) is 6.54 Å². The molecule has 1 fully saturated rings. The molecule has 0 amide bonds. The van der Waals surface area contributed by atoms with Crippen molar-refractivity contribution < 1.29 is 0 Å². The van der Waals surface area contributed by atoms with E-state index in [1.807, 2.05) is 12.3 Å². The molecule has 100 valence electrons. The van der Waals surface area contributed by atoms with Gasteiger partial charge in [-0.3, -0.25) is 4.68 Å².